The van der Waals surface area contributed by atoms with Gasteiger partial charge in [-0.15, -0.1) is 0 Å². The number of ether oxygens (including phenoxy) is 1. The van der Waals surface area contributed by atoms with E-state index < -0.39 is 6.04 Å². The third-order valence-corrected chi connectivity index (χ3v) is 5.41. The second-order valence-corrected chi connectivity index (χ2v) is 8.63. The number of carbonyl (C=O) groups excluding carboxylic acids is 3. The van der Waals surface area contributed by atoms with E-state index in [0.29, 0.717) is 18.6 Å². The minimum atomic E-state index is -0.484. The summed E-state index contributed by atoms with van der Waals surface area (Å²) in [4.78, 5) is 36.7. The number of hydrogen-bond donors (Lipinski definition) is 3. The van der Waals surface area contributed by atoms with Crippen LogP contribution in [0.5, 0.6) is 0 Å². The molecule has 0 saturated heterocycles. The number of nitrogens with one attached hydrogen (secondary N) is 3. The molecule has 0 bridgehead atoms. The zero-order chi connectivity index (χ0) is 25.2. The van der Waals surface area contributed by atoms with Gasteiger partial charge < -0.3 is 20.7 Å². The van der Waals surface area contributed by atoms with Gasteiger partial charge in [0, 0.05) is 30.3 Å². The molecule has 35 heavy (non-hydrogen) atoms. The third kappa shape index (κ3) is 7.84. The van der Waals surface area contributed by atoms with Crippen molar-refractivity contribution >= 4 is 34.2 Å². The summed E-state index contributed by atoms with van der Waals surface area (Å²) in [5.74, 6) is -0.704. The average Bonchev–Trinajstić information content (AvgIpc) is 2.83. The van der Waals surface area contributed by atoms with Crippen LogP contribution in [0.2, 0.25) is 0 Å². The fraction of sp³-hybridized carbons (Fsp3) is 0.321. The Balaban J connectivity index is 1.67. The first-order chi connectivity index (χ1) is 16.9. The minimum absolute atomic E-state index is 0.0177. The predicted molar refractivity (Wildman–Crippen MR) is 138 cm³/mol. The van der Waals surface area contributed by atoms with Crippen LogP contribution in [0.1, 0.15) is 43.1 Å². The van der Waals surface area contributed by atoms with Crippen LogP contribution in [0.25, 0.3) is 10.8 Å². The highest BCUT2D eigenvalue weighted by atomic mass is 16.5. The van der Waals surface area contributed by atoms with Gasteiger partial charge in [-0.25, -0.2) is 0 Å². The summed E-state index contributed by atoms with van der Waals surface area (Å²) in [6, 6.07) is 20.8. The van der Waals surface area contributed by atoms with Gasteiger partial charge in [-0.05, 0) is 61.4 Å². The number of fused-ring (bicyclic) bond motifs is 1. The van der Waals surface area contributed by atoms with Crippen LogP contribution in [0.3, 0.4) is 0 Å². The smallest absolute Gasteiger partial charge is 0.307 e. The number of hydrogen-bond acceptors (Lipinski definition) is 5. The maximum absolute atomic E-state index is 12.9. The molecule has 0 unspecified atom stereocenters. The van der Waals surface area contributed by atoms with Gasteiger partial charge in [0.05, 0.1) is 13.0 Å². The molecular weight excluding hydrogens is 442 g/mol. The molecule has 0 heterocycles. The molecule has 0 aromatic heterocycles. The monoisotopic (exact) mass is 475 g/mol. The van der Waals surface area contributed by atoms with E-state index in [1.807, 2.05) is 32.0 Å². The van der Waals surface area contributed by atoms with Gasteiger partial charge in [-0.2, -0.15) is 0 Å². The largest absolute Gasteiger partial charge is 0.466 e. The van der Waals surface area contributed by atoms with Crippen LogP contribution < -0.4 is 16.0 Å². The van der Waals surface area contributed by atoms with Crippen LogP contribution >= 0.6 is 0 Å². The summed E-state index contributed by atoms with van der Waals surface area (Å²) < 4.78 is 4.86. The minimum Gasteiger partial charge on any atom is -0.466 e. The summed E-state index contributed by atoms with van der Waals surface area (Å²) >= 11 is 0. The zero-order valence-corrected chi connectivity index (χ0v) is 20.5. The lowest BCUT2D eigenvalue weighted by atomic mass is 10.0. The molecule has 0 fully saturated rings. The summed E-state index contributed by atoms with van der Waals surface area (Å²) in [5.41, 5.74) is 2.26. The highest BCUT2D eigenvalue weighted by Gasteiger charge is 2.20. The van der Waals surface area contributed by atoms with Crippen molar-refractivity contribution in [3.63, 3.8) is 0 Å². The molecule has 0 aliphatic heterocycles. The van der Waals surface area contributed by atoms with Crippen LogP contribution in [0, 0.1) is 0 Å². The summed E-state index contributed by atoms with van der Waals surface area (Å²) in [6.07, 6.45) is 0.639. The summed E-state index contributed by atoms with van der Waals surface area (Å²) in [5, 5.41) is 11.3. The fourth-order valence-electron chi connectivity index (χ4n) is 3.73. The van der Waals surface area contributed by atoms with Gasteiger partial charge in [-0.1, -0.05) is 42.5 Å². The van der Waals surface area contributed by atoms with Crippen molar-refractivity contribution in [2.45, 2.75) is 45.7 Å². The molecule has 184 valence electrons. The second-order valence-electron chi connectivity index (χ2n) is 8.63. The van der Waals surface area contributed by atoms with E-state index >= 15 is 0 Å². The standard InChI is InChI=1S/C28H33N3O4/c1-4-35-26(32)15-16-29-27(33)22-11-13-24(14-12-22)31-25(28(34)30-19(2)3)18-20-9-10-21-7-5-6-8-23(21)17-20/h5-14,17,19,25,31H,4,15-16,18H2,1-3H3,(H,29,33)(H,30,34)/t25-/m0/s1. The molecule has 3 aromatic carbocycles. The van der Waals surface area contributed by atoms with Crippen LogP contribution in [-0.4, -0.2) is 43.0 Å². The predicted octanol–water partition coefficient (Wildman–Crippen LogP) is 4.07. The molecule has 7 nitrogen and oxygen atoms in total. The molecule has 0 radical (unpaired) electrons. The first-order valence-electron chi connectivity index (χ1n) is 11.9. The molecule has 0 aliphatic carbocycles. The van der Waals surface area contributed by atoms with Crippen LogP contribution in [-0.2, 0) is 20.7 Å². The van der Waals surface area contributed by atoms with E-state index in [-0.39, 0.29) is 36.8 Å². The molecule has 3 aromatic rings. The quantitative estimate of drug-likeness (QED) is 0.363. The van der Waals surface area contributed by atoms with E-state index in [1.165, 1.54) is 0 Å². The fourth-order valence-corrected chi connectivity index (χ4v) is 3.73. The number of rotatable bonds is 11. The Morgan fingerprint density at radius 3 is 2.31 bits per heavy atom. The first-order valence-corrected chi connectivity index (χ1v) is 11.9. The molecule has 0 aliphatic rings. The van der Waals surface area contributed by atoms with Crippen molar-refractivity contribution in [2.75, 3.05) is 18.5 Å². The number of carbonyl (C=O) groups is 3. The Morgan fingerprint density at radius 1 is 0.914 bits per heavy atom. The molecule has 0 saturated carbocycles. The van der Waals surface area contributed by atoms with Crippen molar-refractivity contribution in [1.29, 1.82) is 0 Å². The lowest BCUT2D eigenvalue weighted by Crippen LogP contribution is -2.43. The molecular formula is C28H33N3O4. The van der Waals surface area contributed by atoms with E-state index in [2.05, 4.69) is 40.2 Å². The van der Waals surface area contributed by atoms with Gasteiger partial charge in [-0.3, -0.25) is 14.4 Å². The first kappa shape index (κ1) is 25.7. The Labute approximate surface area is 206 Å². The van der Waals surface area contributed by atoms with Crippen LogP contribution in [0.15, 0.2) is 66.7 Å². The van der Waals surface area contributed by atoms with Crippen molar-refractivity contribution in [2.24, 2.45) is 0 Å². The van der Waals surface area contributed by atoms with E-state index in [1.54, 1.807) is 31.2 Å². The van der Waals surface area contributed by atoms with E-state index in [4.69, 9.17) is 4.74 Å². The SMILES string of the molecule is CCOC(=O)CCNC(=O)c1ccc(N[C@@H](Cc2ccc3ccccc3c2)C(=O)NC(C)C)cc1. The molecule has 0 spiro atoms. The molecule has 3 N–H and O–H groups in total. The van der Waals surface area contributed by atoms with Gasteiger partial charge in [0.15, 0.2) is 0 Å². The number of anilines is 1. The van der Waals surface area contributed by atoms with Crippen molar-refractivity contribution < 1.29 is 19.1 Å². The maximum Gasteiger partial charge on any atom is 0.307 e. The van der Waals surface area contributed by atoms with Gasteiger partial charge >= 0.3 is 5.97 Å². The average molecular weight is 476 g/mol. The number of esters is 1. The van der Waals surface area contributed by atoms with Gasteiger partial charge in [0.25, 0.3) is 5.91 Å². The lowest BCUT2D eigenvalue weighted by molar-refractivity contribution is -0.142. The molecule has 7 heteroatoms. The Morgan fingerprint density at radius 2 is 1.63 bits per heavy atom. The van der Waals surface area contributed by atoms with Gasteiger partial charge in [0.2, 0.25) is 5.91 Å². The van der Waals surface area contributed by atoms with Crippen molar-refractivity contribution in [3.8, 4) is 0 Å². The van der Waals surface area contributed by atoms with Crippen LogP contribution in [0.4, 0.5) is 5.69 Å². The van der Waals surface area contributed by atoms with E-state index in [9.17, 15) is 14.4 Å². The highest BCUT2D eigenvalue weighted by Crippen LogP contribution is 2.19. The Hall–Kier alpha value is -3.87. The Bertz CT molecular complexity index is 1160. The normalized spacial score (nSPS) is 11.7. The summed E-state index contributed by atoms with van der Waals surface area (Å²) in [7, 11) is 0. The number of amides is 2. The molecule has 2 amide bonds. The topological polar surface area (TPSA) is 96.5 Å². The number of benzene rings is 3. The molecule has 1 atom stereocenters. The van der Waals surface area contributed by atoms with E-state index in [0.717, 1.165) is 22.0 Å². The van der Waals surface area contributed by atoms with Crippen molar-refractivity contribution in [1.82, 2.24) is 10.6 Å². The highest BCUT2D eigenvalue weighted by molar-refractivity contribution is 5.95. The second kappa shape index (κ2) is 12.6. The summed E-state index contributed by atoms with van der Waals surface area (Å²) in [6.45, 7) is 6.13. The van der Waals surface area contributed by atoms with Crippen molar-refractivity contribution in [3.05, 3.63) is 77.9 Å². The van der Waals surface area contributed by atoms with Gasteiger partial charge in [0.1, 0.15) is 6.04 Å². The maximum atomic E-state index is 12.9. The third-order valence-electron chi connectivity index (χ3n) is 5.41. The Kier molecular flexibility index (Phi) is 9.23. The molecule has 3 rings (SSSR count). The lowest BCUT2D eigenvalue weighted by Gasteiger charge is -2.21. The zero-order valence-electron chi connectivity index (χ0n) is 20.5.